The summed E-state index contributed by atoms with van der Waals surface area (Å²) in [7, 11) is 0. The molecule has 4 nitrogen and oxygen atoms in total. The van der Waals surface area contributed by atoms with Crippen molar-refractivity contribution in [1.82, 2.24) is 15.5 Å². The topological polar surface area (TPSA) is 47.0 Å². The van der Waals surface area contributed by atoms with E-state index in [2.05, 4.69) is 22.4 Å². The molecule has 1 aliphatic heterocycles. The average Bonchev–Trinajstić information content (AvgIpc) is 2.80. The van der Waals surface area contributed by atoms with E-state index in [1.54, 1.807) is 6.20 Å². The van der Waals surface area contributed by atoms with Crippen LogP contribution in [-0.2, 0) is 4.74 Å². The molecule has 2 heterocycles. The quantitative estimate of drug-likeness (QED) is 0.805. The Kier molecular flexibility index (Phi) is 3.64. The Morgan fingerprint density at radius 2 is 2.53 bits per heavy atom. The summed E-state index contributed by atoms with van der Waals surface area (Å²) in [6.45, 7) is 4.81. The SMILES string of the molecule is CCNC(c1ccnnc1)C1CCOC1. The summed E-state index contributed by atoms with van der Waals surface area (Å²) in [6.07, 6.45) is 4.71. The third-order valence-electron chi connectivity index (χ3n) is 2.83. The van der Waals surface area contributed by atoms with Gasteiger partial charge >= 0.3 is 0 Å². The second kappa shape index (κ2) is 5.19. The van der Waals surface area contributed by atoms with Crippen LogP contribution in [0.25, 0.3) is 0 Å². The summed E-state index contributed by atoms with van der Waals surface area (Å²) in [4.78, 5) is 0. The maximum atomic E-state index is 5.43. The second-order valence-electron chi connectivity index (χ2n) is 3.83. The first kappa shape index (κ1) is 10.5. The Labute approximate surface area is 90.1 Å². The molecule has 82 valence electrons. The third-order valence-corrected chi connectivity index (χ3v) is 2.83. The van der Waals surface area contributed by atoms with Crippen molar-refractivity contribution in [2.45, 2.75) is 19.4 Å². The van der Waals surface area contributed by atoms with Crippen LogP contribution in [-0.4, -0.2) is 30.0 Å². The van der Waals surface area contributed by atoms with Gasteiger partial charge in [-0.15, -0.1) is 0 Å². The second-order valence-corrected chi connectivity index (χ2v) is 3.83. The Morgan fingerprint density at radius 1 is 1.60 bits per heavy atom. The number of ether oxygens (including phenoxy) is 1. The first-order valence-electron chi connectivity index (χ1n) is 5.49. The zero-order valence-electron chi connectivity index (χ0n) is 9.02. The van der Waals surface area contributed by atoms with Gasteiger partial charge in [-0.05, 0) is 24.6 Å². The molecule has 1 saturated heterocycles. The Hall–Kier alpha value is -1.00. The highest BCUT2D eigenvalue weighted by atomic mass is 16.5. The van der Waals surface area contributed by atoms with Crippen molar-refractivity contribution < 1.29 is 4.74 Å². The van der Waals surface area contributed by atoms with Gasteiger partial charge in [0.1, 0.15) is 0 Å². The van der Waals surface area contributed by atoms with E-state index >= 15 is 0 Å². The van der Waals surface area contributed by atoms with Gasteiger partial charge in [-0.25, -0.2) is 0 Å². The zero-order valence-corrected chi connectivity index (χ0v) is 9.02. The molecule has 0 aliphatic carbocycles. The van der Waals surface area contributed by atoms with Crippen LogP contribution in [0.1, 0.15) is 24.9 Å². The summed E-state index contributed by atoms with van der Waals surface area (Å²) >= 11 is 0. The van der Waals surface area contributed by atoms with Gasteiger partial charge in [0.05, 0.1) is 12.8 Å². The van der Waals surface area contributed by atoms with Crippen molar-refractivity contribution in [3.8, 4) is 0 Å². The standard InChI is InChI=1S/C11H17N3O/c1-2-12-11(10-4-6-15-8-10)9-3-5-13-14-7-9/h3,5,7,10-12H,2,4,6,8H2,1H3. The van der Waals surface area contributed by atoms with E-state index in [1.165, 1.54) is 5.56 Å². The summed E-state index contributed by atoms with van der Waals surface area (Å²) in [5.74, 6) is 0.564. The van der Waals surface area contributed by atoms with Crippen molar-refractivity contribution in [2.24, 2.45) is 5.92 Å². The lowest BCUT2D eigenvalue weighted by Gasteiger charge is -2.23. The highest BCUT2D eigenvalue weighted by molar-refractivity contribution is 5.13. The number of nitrogens with zero attached hydrogens (tertiary/aromatic N) is 2. The van der Waals surface area contributed by atoms with Gasteiger partial charge in [-0.3, -0.25) is 0 Å². The predicted molar refractivity (Wildman–Crippen MR) is 57.4 cm³/mol. The van der Waals surface area contributed by atoms with E-state index in [9.17, 15) is 0 Å². The largest absolute Gasteiger partial charge is 0.381 e. The molecule has 2 rings (SSSR count). The molecule has 1 aromatic heterocycles. The number of hydrogen-bond acceptors (Lipinski definition) is 4. The van der Waals surface area contributed by atoms with Crippen LogP contribution in [0, 0.1) is 5.92 Å². The highest BCUT2D eigenvalue weighted by Crippen LogP contribution is 2.27. The molecule has 0 saturated carbocycles. The lowest BCUT2D eigenvalue weighted by atomic mass is 9.93. The molecule has 15 heavy (non-hydrogen) atoms. The zero-order chi connectivity index (χ0) is 10.5. The van der Waals surface area contributed by atoms with E-state index in [-0.39, 0.29) is 0 Å². The molecule has 2 unspecified atom stereocenters. The van der Waals surface area contributed by atoms with Gasteiger partial charge in [-0.1, -0.05) is 6.92 Å². The number of aromatic nitrogens is 2. The van der Waals surface area contributed by atoms with Crippen LogP contribution in [0.5, 0.6) is 0 Å². The van der Waals surface area contributed by atoms with Crippen LogP contribution in [0.4, 0.5) is 0 Å². The Morgan fingerprint density at radius 3 is 3.13 bits per heavy atom. The molecule has 4 heteroatoms. The normalized spacial score (nSPS) is 22.9. The van der Waals surface area contributed by atoms with Crippen molar-refractivity contribution in [3.63, 3.8) is 0 Å². The minimum Gasteiger partial charge on any atom is -0.381 e. The third kappa shape index (κ3) is 2.52. The number of rotatable bonds is 4. The van der Waals surface area contributed by atoms with Crippen LogP contribution in [0.15, 0.2) is 18.5 Å². The molecule has 1 fully saturated rings. The molecule has 1 aromatic rings. The summed E-state index contributed by atoms with van der Waals surface area (Å²) in [6, 6.07) is 2.38. The molecule has 1 aliphatic rings. The monoisotopic (exact) mass is 207 g/mol. The fourth-order valence-electron chi connectivity index (χ4n) is 2.08. The van der Waals surface area contributed by atoms with Crippen molar-refractivity contribution in [1.29, 1.82) is 0 Å². The molecule has 0 bridgehead atoms. The van der Waals surface area contributed by atoms with Gasteiger partial charge in [0.15, 0.2) is 0 Å². The highest BCUT2D eigenvalue weighted by Gasteiger charge is 2.26. The lowest BCUT2D eigenvalue weighted by Crippen LogP contribution is -2.28. The smallest absolute Gasteiger partial charge is 0.0544 e. The van der Waals surface area contributed by atoms with Crippen molar-refractivity contribution in [3.05, 3.63) is 24.0 Å². The predicted octanol–water partition coefficient (Wildman–Crippen LogP) is 1.16. The number of hydrogen-bond donors (Lipinski definition) is 1. The maximum Gasteiger partial charge on any atom is 0.0544 e. The van der Waals surface area contributed by atoms with Crippen molar-refractivity contribution in [2.75, 3.05) is 19.8 Å². The van der Waals surface area contributed by atoms with Crippen LogP contribution >= 0.6 is 0 Å². The van der Waals surface area contributed by atoms with Gasteiger partial charge in [-0.2, -0.15) is 10.2 Å². The molecule has 0 aromatic carbocycles. The van der Waals surface area contributed by atoms with Gasteiger partial charge in [0.25, 0.3) is 0 Å². The fourth-order valence-corrected chi connectivity index (χ4v) is 2.08. The van der Waals surface area contributed by atoms with Gasteiger partial charge in [0, 0.05) is 24.8 Å². The molecular weight excluding hydrogens is 190 g/mol. The van der Waals surface area contributed by atoms with Crippen LogP contribution in [0.2, 0.25) is 0 Å². The minimum absolute atomic E-state index is 0.355. The van der Waals surface area contributed by atoms with E-state index in [4.69, 9.17) is 4.74 Å². The average molecular weight is 207 g/mol. The van der Waals surface area contributed by atoms with E-state index in [0.29, 0.717) is 12.0 Å². The summed E-state index contributed by atoms with van der Waals surface area (Å²) < 4.78 is 5.43. The van der Waals surface area contributed by atoms with E-state index < -0.39 is 0 Å². The van der Waals surface area contributed by atoms with E-state index in [1.807, 2.05) is 12.3 Å². The van der Waals surface area contributed by atoms with E-state index in [0.717, 1.165) is 26.2 Å². The summed E-state index contributed by atoms with van der Waals surface area (Å²) in [5.41, 5.74) is 1.21. The summed E-state index contributed by atoms with van der Waals surface area (Å²) in [5, 5.41) is 11.2. The van der Waals surface area contributed by atoms with Crippen LogP contribution < -0.4 is 5.32 Å². The first-order valence-corrected chi connectivity index (χ1v) is 5.49. The Bertz CT molecular complexity index is 285. The Balaban J connectivity index is 2.11. The first-order chi connectivity index (χ1) is 7.42. The fraction of sp³-hybridized carbons (Fsp3) is 0.636. The molecule has 0 spiro atoms. The molecule has 2 atom stereocenters. The van der Waals surface area contributed by atoms with Crippen LogP contribution in [0.3, 0.4) is 0 Å². The molecule has 1 N–H and O–H groups in total. The van der Waals surface area contributed by atoms with Gasteiger partial charge in [0.2, 0.25) is 0 Å². The minimum atomic E-state index is 0.355. The molecule has 0 amide bonds. The van der Waals surface area contributed by atoms with Gasteiger partial charge < -0.3 is 10.1 Å². The number of nitrogens with one attached hydrogen (secondary N) is 1. The lowest BCUT2D eigenvalue weighted by molar-refractivity contribution is 0.177. The molecule has 0 radical (unpaired) electrons. The van der Waals surface area contributed by atoms with Crippen molar-refractivity contribution >= 4 is 0 Å². The maximum absolute atomic E-state index is 5.43. The molecular formula is C11H17N3O.